The lowest BCUT2D eigenvalue weighted by Gasteiger charge is -2.04. The number of hydrogen-bond donors (Lipinski definition) is 1. The summed E-state index contributed by atoms with van der Waals surface area (Å²) in [6.45, 7) is -0.156. The second kappa shape index (κ2) is 6.61. The Kier molecular flexibility index (Phi) is 4.14. The molecule has 7 nitrogen and oxygen atoms in total. The van der Waals surface area contributed by atoms with E-state index in [1.165, 1.54) is 16.0 Å². The van der Waals surface area contributed by atoms with Crippen LogP contribution in [0.1, 0.15) is 24.4 Å². The van der Waals surface area contributed by atoms with Crippen LogP contribution in [-0.4, -0.2) is 20.3 Å². The Hall–Kier alpha value is -3.18. The van der Waals surface area contributed by atoms with Crippen LogP contribution in [0.4, 0.5) is 5.69 Å². The van der Waals surface area contributed by atoms with Crippen molar-refractivity contribution in [1.82, 2.24) is 14.3 Å². The van der Waals surface area contributed by atoms with Crippen LogP contribution in [-0.2, 0) is 11.3 Å². The van der Waals surface area contributed by atoms with Gasteiger partial charge in [0.15, 0.2) is 5.82 Å². The number of nitriles is 1. The van der Waals surface area contributed by atoms with E-state index in [9.17, 15) is 9.59 Å². The molecule has 26 heavy (non-hydrogen) atoms. The Labute approximate surface area is 153 Å². The first-order valence-corrected chi connectivity index (χ1v) is 9.07. The van der Waals surface area contributed by atoms with E-state index in [1.807, 2.05) is 23.6 Å². The second-order valence-corrected chi connectivity index (χ2v) is 7.03. The molecule has 130 valence electrons. The van der Waals surface area contributed by atoms with E-state index in [0.717, 1.165) is 17.7 Å². The minimum atomic E-state index is -0.338. The molecule has 1 amide bonds. The third kappa shape index (κ3) is 3.17. The molecule has 0 saturated heterocycles. The standard InChI is InChI=1S/C18H15N5O2S/c19-10-12-3-5-13(6-4-12)20-16(24)11-22-18(25)23(14-7-8-14)17(21-22)15-2-1-9-26-15/h1-6,9,14H,7-8,11H2,(H,20,24). The predicted molar refractivity (Wildman–Crippen MR) is 97.9 cm³/mol. The van der Waals surface area contributed by atoms with Gasteiger partial charge in [-0.05, 0) is 48.6 Å². The van der Waals surface area contributed by atoms with Gasteiger partial charge < -0.3 is 5.32 Å². The van der Waals surface area contributed by atoms with Crippen molar-refractivity contribution in [1.29, 1.82) is 5.26 Å². The molecule has 1 aliphatic carbocycles. The fourth-order valence-corrected chi connectivity index (χ4v) is 3.43. The van der Waals surface area contributed by atoms with Gasteiger partial charge in [-0.1, -0.05) is 6.07 Å². The molecule has 0 spiro atoms. The van der Waals surface area contributed by atoms with Crippen molar-refractivity contribution in [3.63, 3.8) is 0 Å². The van der Waals surface area contributed by atoms with E-state index in [4.69, 9.17) is 5.26 Å². The molecule has 8 heteroatoms. The number of hydrogen-bond acceptors (Lipinski definition) is 5. The first-order chi connectivity index (χ1) is 12.7. The van der Waals surface area contributed by atoms with Crippen LogP contribution in [0, 0.1) is 11.3 Å². The first-order valence-electron chi connectivity index (χ1n) is 8.19. The molecule has 0 radical (unpaired) electrons. The van der Waals surface area contributed by atoms with Crippen molar-refractivity contribution in [2.45, 2.75) is 25.4 Å². The summed E-state index contributed by atoms with van der Waals surface area (Å²) in [4.78, 5) is 25.9. The zero-order valence-corrected chi connectivity index (χ0v) is 14.6. The maximum Gasteiger partial charge on any atom is 0.346 e. The Morgan fingerprint density at radius 1 is 1.31 bits per heavy atom. The first kappa shape index (κ1) is 16.3. The van der Waals surface area contributed by atoms with Crippen LogP contribution in [0.5, 0.6) is 0 Å². The molecule has 2 heterocycles. The Bertz CT molecular complexity index is 1040. The van der Waals surface area contributed by atoms with Crippen LogP contribution in [0.3, 0.4) is 0 Å². The van der Waals surface area contributed by atoms with Crippen molar-refractivity contribution in [2.24, 2.45) is 0 Å². The van der Waals surface area contributed by atoms with Crippen LogP contribution >= 0.6 is 11.3 Å². The molecule has 1 aromatic carbocycles. The van der Waals surface area contributed by atoms with Gasteiger partial charge in [-0.2, -0.15) is 5.26 Å². The molecule has 3 aromatic rings. The van der Waals surface area contributed by atoms with E-state index >= 15 is 0 Å². The number of rotatable bonds is 5. The lowest BCUT2D eigenvalue weighted by atomic mass is 10.2. The number of amides is 1. The molecule has 4 rings (SSSR count). The van der Waals surface area contributed by atoms with Crippen molar-refractivity contribution < 1.29 is 4.79 Å². The maximum atomic E-state index is 12.7. The molecule has 2 aromatic heterocycles. The lowest BCUT2D eigenvalue weighted by Crippen LogP contribution is -2.30. The van der Waals surface area contributed by atoms with Crippen molar-refractivity contribution in [3.05, 3.63) is 57.8 Å². The third-order valence-corrected chi connectivity index (χ3v) is 4.98. The van der Waals surface area contributed by atoms with Gasteiger partial charge in [0, 0.05) is 11.7 Å². The summed E-state index contributed by atoms with van der Waals surface area (Å²) in [5.41, 5.74) is 0.830. The van der Waals surface area contributed by atoms with E-state index in [2.05, 4.69) is 10.4 Å². The molecule has 1 aliphatic rings. The number of thiophene rings is 1. The van der Waals surface area contributed by atoms with Gasteiger partial charge in [0.1, 0.15) is 6.54 Å². The van der Waals surface area contributed by atoms with Crippen molar-refractivity contribution in [3.8, 4) is 16.8 Å². The highest BCUT2D eigenvalue weighted by atomic mass is 32.1. The molecule has 0 bridgehead atoms. The minimum Gasteiger partial charge on any atom is -0.324 e. The van der Waals surface area contributed by atoms with Gasteiger partial charge in [0.2, 0.25) is 5.91 Å². The largest absolute Gasteiger partial charge is 0.346 e. The van der Waals surface area contributed by atoms with Crippen molar-refractivity contribution in [2.75, 3.05) is 5.32 Å². The monoisotopic (exact) mass is 365 g/mol. The SMILES string of the molecule is N#Cc1ccc(NC(=O)Cn2nc(-c3cccs3)n(C3CC3)c2=O)cc1. The lowest BCUT2D eigenvalue weighted by molar-refractivity contribution is -0.117. The van der Waals surface area contributed by atoms with Crippen LogP contribution in [0.2, 0.25) is 0 Å². The van der Waals surface area contributed by atoms with E-state index in [0.29, 0.717) is 17.1 Å². The fourth-order valence-electron chi connectivity index (χ4n) is 2.72. The van der Waals surface area contributed by atoms with Crippen LogP contribution in [0.15, 0.2) is 46.6 Å². The summed E-state index contributed by atoms with van der Waals surface area (Å²) in [5.74, 6) is 0.286. The molecule has 0 aliphatic heterocycles. The number of nitrogens with zero attached hydrogens (tertiary/aromatic N) is 4. The quantitative estimate of drug-likeness (QED) is 0.752. The molecular formula is C18H15N5O2S. The summed E-state index contributed by atoms with van der Waals surface area (Å²) in [5, 5.41) is 17.9. The van der Waals surface area contributed by atoms with Gasteiger partial charge in [-0.15, -0.1) is 16.4 Å². The number of benzene rings is 1. The molecule has 1 N–H and O–H groups in total. The second-order valence-electron chi connectivity index (χ2n) is 6.08. The number of anilines is 1. The molecule has 0 atom stereocenters. The Balaban J connectivity index is 1.56. The van der Waals surface area contributed by atoms with E-state index in [1.54, 1.807) is 28.8 Å². The highest BCUT2D eigenvalue weighted by Crippen LogP contribution is 2.37. The normalized spacial score (nSPS) is 13.3. The summed E-state index contributed by atoms with van der Waals surface area (Å²) in [7, 11) is 0. The van der Waals surface area contributed by atoms with Gasteiger partial charge in [0.05, 0.1) is 16.5 Å². The molecular weight excluding hydrogens is 350 g/mol. The van der Waals surface area contributed by atoms with Crippen molar-refractivity contribution >= 4 is 22.9 Å². The molecule has 1 fully saturated rings. The van der Waals surface area contributed by atoms with Gasteiger partial charge in [-0.25, -0.2) is 9.48 Å². The number of aromatic nitrogens is 3. The van der Waals surface area contributed by atoms with Gasteiger partial charge in [-0.3, -0.25) is 9.36 Å². The third-order valence-electron chi connectivity index (χ3n) is 4.12. The van der Waals surface area contributed by atoms with Gasteiger partial charge in [0.25, 0.3) is 0 Å². The average Bonchev–Trinajstić information content (AvgIpc) is 3.22. The van der Waals surface area contributed by atoms with E-state index < -0.39 is 0 Å². The summed E-state index contributed by atoms with van der Waals surface area (Å²) >= 11 is 1.52. The Morgan fingerprint density at radius 3 is 2.69 bits per heavy atom. The fraction of sp³-hybridized carbons (Fsp3) is 0.222. The summed E-state index contributed by atoms with van der Waals surface area (Å²) in [6.07, 6.45) is 1.92. The van der Waals surface area contributed by atoms with Crippen LogP contribution in [0.25, 0.3) is 10.7 Å². The Morgan fingerprint density at radius 2 is 2.08 bits per heavy atom. The van der Waals surface area contributed by atoms with Gasteiger partial charge >= 0.3 is 5.69 Å². The highest BCUT2D eigenvalue weighted by Gasteiger charge is 2.31. The molecule has 1 saturated carbocycles. The zero-order chi connectivity index (χ0) is 18.1. The van der Waals surface area contributed by atoms with E-state index in [-0.39, 0.29) is 24.2 Å². The average molecular weight is 365 g/mol. The number of carbonyl (C=O) groups is 1. The molecule has 0 unspecified atom stereocenters. The minimum absolute atomic E-state index is 0.156. The van der Waals surface area contributed by atoms with Crippen LogP contribution < -0.4 is 11.0 Å². The maximum absolute atomic E-state index is 12.7. The predicted octanol–water partition coefficient (Wildman–Crippen LogP) is 2.62. The number of nitrogens with one attached hydrogen (secondary N) is 1. The number of carbonyl (C=O) groups excluding carboxylic acids is 1. The summed E-state index contributed by atoms with van der Waals surface area (Å²) in [6, 6.07) is 12.6. The zero-order valence-electron chi connectivity index (χ0n) is 13.8. The smallest absolute Gasteiger partial charge is 0.324 e. The topological polar surface area (TPSA) is 92.7 Å². The highest BCUT2D eigenvalue weighted by molar-refractivity contribution is 7.13. The summed E-state index contributed by atoms with van der Waals surface area (Å²) < 4.78 is 2.91.